The summed E-state index contributed by atoms with van der Waals surface area (Å²) in [4.78, 5) is 5.15. The lowest BCUT2D eigenvalue weighted by molar-refractivity contribution is 0.778. The van der Waals surface area contributed by atoms with Crippen LogP contribution in [0.5, 0.6) is 0 Å². The van der Waals surface area contributed by atoms with Crippen LogP contribution in [0.15, 0.2) is 23.2 Å². The van der Waals surface area contributed by atoms with E-state index in [0.29, 0.717) is 5.15 Å². The van der Waals surface area contributed by atoms with Gasteiger partial charge in [0.2, 0.25) is 0 Å². The van der Waals surface area contributed by atoms with Gasteiger partial charge in [-0.25, -0.2) is 4.98 Å². The maximum atomic E-state index is 5.76. The van der Waals surface area contributed by atoms with Crippen LogP contribution < -0.4 is 0 Å². The van der Waals surface area contributed by atoms with E-state index < -0.39 is 0 Å². The van der Waals surface area contributed by atoms with Crippen LogP contribution in [0.3, 0.4) is 0 Å². The maximum absolute atomic E-state index is 5.76. The number of halogens is 1. The SMILES string of the molecule is CCCCCSc1ccnc(Cl)c1. The summed E-state index contributed by atoms with van der Waals surface area (Å²) < 4.78 is 0. The first-order chi connectivity index (χ1) is 6.33. The lowest BCUT2D eigenvalue weighted by atomic mass is 10.3. The van der Waals surface area contributed by atoms with E-state index in [4.69, 9.17) is 11.6 Å². The number of unbranched alkanes of at least 4 members (excludes halogenated alkanes) is 2. The molecule has 0 aliphatic rings. The molecule has 0 unspecified atom stereocenters. The zero-order valence-electron chi connectivity index (χ0n) is 7.79. The van der Waals surface area contributed by atoms with E-state index in [2.05, 4.69) is 11.9 Å². The molecule has 0 fully saturated rings. The summed E-state index contributed by atoms with van der Waals surface area (Å²) in [6, 6.07) is 3.92. The van der Waals surface area contributed by atoms with Crippen LogP contribution in [-0.4, -0.2) is 10.7 Å². The fourth-order valence-corrected chi connectivity index (χ4v) is 2.19. The second-order valence-corrected chi connectivity index (χ2v) is 4.43. The van der Waals surface area contributed by atoms with E-state index in [1.165, 1.54) is 29.9 Å². The topological polar surface area (TPSA) is 12.9 Å². The van der Waals surface area contributed by atoms with Gasteiger partial charge in [-0.2, -0.15) is 0 Å². The van der Waals surface area contributed by atoms with E-state index >= 15 is 0 Å². The van der Waals surface area contributed by atoms with Crippen molar-refractivity contribution in [3.63, 3.8) is 0 Å². The lowest BCUT2D eigenvalue weighted by Crippen LogP contribution is -1.81. The molecule has 3 heteroatoms. The van der Waals surface area contributed by atoms with Crippen molar-refractivity contribution >= 4 is 23.4 Å². The first kappa shape index (κ1) is 10.9. The molecule has 1 aromatic heterocycles. The van der Waals surface area contributed by atoms with Crippen molar-refractivity contribution in [3.8, 4) is 0 Å². The van der Waals surface area contributed by atoms with Crippen molar-refractivity contribution in [3.05, 3.63) is 23.5 Å². The third-order valence-corrected chi connectivity index (χ3v) is 3.00. The molecule has 0 aliphatic heterocycles. The summed E-state index contributed by atoms with van der Waals surface area (Å²) in [7, 11) is 0. The van der Waals surface area contributed by atoms with E-state index in [-0.39, 0.29) is 0 Å². The van der Waals surface area contributed by atoms with Gasteiger partial charge in [0.1, 0.15) is 5.15 Å². The molecule has 1 rings (SSSR count). The number of thioether (sulfide) groups is 1. The number of rotatable bonds is 5. The molecular formula is C10H14ClNS. The molecule has 1 aromatic rings. The average molecular weight is 216 g/mol. The minimum absolute atomic E-state index is 0.584. The Labute approximate surface area is 88.9 Å². The average Bonchev–Trinajstić information content (AvgIpc) is 2.13. The van der Waals surface area contributed by atoms with E-state index in [9.17, 15) is 0 Å². The van der Waals surface area contributed by atoms with Gasteiger partial charge in [0, 0.05) is 11.1 Å². The molecule has 1 heterocycles. The highest BCUT2D eigenvalue weighted by molar-refractivity contribution is 7.99. The summed E-state index contributed by atoms with van der Waals surface area (Å²) in [5.74, 6) is 1.17. The normalized spacial score (nSPS) is 10.3. The summed E-state index contributed by atoms with van der Waals surface area (Å²) in [6.07, 6.45) is 5.62. The summed E-state index contributed by atoms with van der Waals surface area (Å²) in [5.41, 5.74) is 0. The highest BCUT2D eigenvalue weighted by atomic mass is 35.5. The second-order valence-electron chi connectivity index (χ2n) is 2.87. The second kappa shape index (κ2) is 6.28. The van der Waals surface area contributed by atoms with Crippen molar-refractivity contribution in [2.45, 2.75) is 31.1 Å². The molecule has 0 bridgehead atoms. The van der Waals surface area contributed by atoms with Gasteiger partial charge in [0.25, 0.3) is 0 Å². The van der Waals surface area contributed by atoms with E-state index in [1.807, 2.05) is 23.9 Å². The summed E-state index contributed by atoms with van der Waals surface area (Å²) in [6.45, 7) is 2.22. The zero-order chi connectivity index (χ0) is 9.52. The zero-order valence-corrected chi connectivity index (χ0v) is 9.37. The molecule has 0 saturated heterocycles. The Morgan fingerprint density at radius 2 is 2.31 bits per heavy atom. The molecule has 0 N–H and O–H groups in total. The maximum Gasteiger partial charge on any atom is 0.130 e. The fourth-order valence-electron chi connectivity index (χ4n) is 1.02. The third kappa shape index (κ3) is 4.53. The monoisotopic (exact) mass is 215 g/mol. The number of aromatic nitrogens is 1. The third-order valence-electron chi connectivity index (χ3n) is 1.71. The van der Waals surface area contributed by atoms with Gasteiger partial charge in [-0.3, -0.25) is 0 Å². The Morgan fingerprint density at radius 3 is 3.00 bits per heavy atom. The van der Waals surface area contributed by atoms with Gasteiger partial charge < -0.3 is 0 Å². The molecule has 0 atom stereocenters. The van der Waals surface area contributed by atoms with Gasteiger partial charge in [0.15, 0.2) is 0 Å². The molecule has 0 aromatic carbocycles. The van der Waals surface area contributed by atoms with Gasteiger partial charge >= 0.3 is 0 Å². The number of nitrogens with zero attached hydrogens (tertiary/aromatic N) is 1. The number of pyridine rings is 1. The van der Waals surface area contributed by atoms with Gasteiger partial charge in [0.05, 0.1) is 0 Å². The first-order valence-electron chi connectivity index (χ1n) is 4.57. The smallest absolute Gasteiger partial charge is 0.130 e. The molecule has 0 spiro atoms. The highest BCUT2D eigenvalue weighted by Gasteiger charge is 1.95. The van der Waals surface area contributed by atoms with Crippen molar-refractivity contribution in [2.24, 2.45) is 0 Å². The van der Waals surface area contributed by atoms with Crippen LogP contribution in [0.1, 0.15) is 26.2 Å². The molecule has 0 amide bonds. The quantitative estimate of drug-likeness (QED) is 0.418. The fraction of sp³-hybridized carbons (Fsp3) is 0.500. The molecule has 0 aliphatic carbocycles. The van der Waals surface area contributed by atoms with Gasteiger partial charge in [-0.05, 0) is 24.3 Å². The van der Waals surface area contributed by atoms with Crippen LogP contribution >= 0.6 is 23.4 Å². The molecule has 13 heavy (non-hydrogen) atoms. The molecule has 1 nitrogen and oxygen atoms in total. The number of hydrogen-bond donors (Lipinski definition) is 0. The Kier molecular flexibility index (Phi) is 5.25. The summed E-state index contributed by atoms with van der Waals surface area (Å²) in [5, 5.41) is 0.584. The van der Waals surface area contributed by atoms with Crippen molar-refractivity contribution < 1.29 is 0 Å². The van der Waals surface area contributed by atoms with E-state index in [0.717, 1.165) is 0 Å². The van der Waals surface area contributed by atoms with Gasteiger partial charge in [-0.15, -0.1) is 11.8 Å². The standard InChI is InChI=1S/C10H14ClNS/c1-2-3-4-7-13-9-5-6-12-10(11)8-9/h5-6,8H,2-4,7H2,1H3. The highest BCUT2D eigenvalue weighted by Crippen LogP contribution is 2.21. The van der Waals surface area contributed by atoms with Crippen LogP contribution in [0.4, 0.5) is 0 Å². The predicted octanol–water partition coefficient (Wildman–Crippen LogP) is 4.02. The minimum Gasteiger partial charge on any atom is -0.244 e. The predicted molar refractivity (Wildman–Crippen MR) is 59.5 cm³/mol. The Hall–Kier alpha value is -0.210. The van der Waals surface area contributed by atoms with Gasteiger partial charge in [-0.1, -0.05) is 31.4 Å². The minimum atomic E-state index is 0.584. The van der Waals surface area contributed by atoms with E-state index in [1.54, 1.807) is 6.20 Å². The van der Waals surface area contributed by atoms with Crippen molar-refractivity contribution in [1.29, 1.82) is 0 Å². The first-order valence-corrected chi connectivity index (χ1v) is 5.93. The lowest BCUT2D eigenvalue weighted by Gasteiger charge is -2.00. The van der Waals surface area contributed by atoms with Crippen molar-refractivity contribution in [2.75, 3.05) is 5.75 Å². The Balaban J connectivity index is 2.28. The molecule has 0 radical (unpaired) electrons. The largest absolute Gasteiger partial charge is 0.244 e. The van der Waals surface area contributed by atoms with Crippen LogP contribution in [0.2, 0.25) is 5.15 Å². The Bertz CT molecular complexity index is 252. The van der Waals surface area contributed by atoms with Crippen LogP contribution in [-0.2, 0) is 0 Å². The van der Waals surface area contributed by atoms with Crippen LogP contribution in [0.25, 0.3) is 0 Å². The Morgan fingerprint density at radius 1 is 1.46 bits per heavy atom. The van der Waals surface area contributed by atoms with Crippen molar-refractivity contribution in [1.82, 2.24) is 4.98 Å². The molecular weight excluding hydrogens is 202 g/mol. The van der Waals surface area contributed by atoms with Crippen LogP contribution in [0, 0.1) is 0 Å². The number of hydrogen-bond acceptors (Lipinski definition) is 2. The molecule has 0 saturated carbocycles. The molecule has 72 valence electrons. The summed E-state index contributed by atoms with van der Waals surface area (Å²) >= 11 is 7.61.